The van der Waals surface area contributed by atoms with Crippen LogP contribution in [0.3, 0.4) is 0 Å². The van der Waals surface area contributed by atoms with Crippen molar-refractivity contribution in [3.63, 3.8) is 0 Å². The third-order valence-electron chi connectivity index (χ3n) is 6.32. The number of rotatable bonds is 3. The predicted molar refractivity (Wildman–Crippen MR) is 110 cm³/mol. The highest BCUT2D eigenvalue weighted by Crippen LogP contribution is 2.45. The molecule has 3 aliphatic rings. The third kappa shape index (κ3) is 3.51. The van der Waals surface area contributed by atoms with Gasteiger partial charge in [0.1, 0.15) is 0 Å². The molecular weight excluding hydrogens is 386 g/mol. The van der Waals surface area contributed by atoms with Gasteiger partial charge in [-0.1, -0.05) is 6.07 Å². The number of likely N-dealkylation sites (tertiary alicyclic amines) is 1. The van der Waals surface area contributed by atoms with Crippen molar-refractivity contribution < 1.29 is 19.6 Å². The SMILES string of the molecule is CC1=NC2=C(C(=O)CCC2)[C@@H](c2ccc(O)c([N+](=O)[O-])c2)C1C(=O)N1CCCCC1. The summed E-state index contributed by atoms with van der Waals surface area (Å²) < 4.78 is 0. The maximum atomic E-state index is 13.5. The van der Waals surface area contributed by atoms with Crippen molar-refractivity contribution in [2.45, 2.75) is 51.4 Å². The number of aliphatic imine (C=N–C) groups is 1. The Hall–Kier alpha value is -3.03. The third-order valence-corrected chi connectivity index (χ3v) is 6.32. The summed E-state index contributed by atoms with van der Waals surface area (Å²) >= 11 is 0. The second kappa shape index (κ2) is 8.01. The molecule has 4 rings (SSSR count). The molecule has 1 unspecified atom stereocenters. The highest BCUT2D eigenvalue weighted by molar-refractivity contribution is 6.10. The lowest BCUT2D eigenvalue weighted by atomic mass is 9.71. The van der Waals surface area contributed by atoms with E-state index in [9.17, 15) is 24.8 Å². The Morgan fingerprint density at radius 1 is 1.20 bits per heavy atom. The topological polar surface area (TPSA) is 113 Å². The number of nitro groups is 1. The molecule has 1 saturated heterocycles. The summed E-state index contributed by atoms with van der Waals surface area (Å²) in [7, 11) is 0. The summed E-state index contributed by atoms with van der Waals surface area (Å²) in [5.74, 6) is -1.87. The quantitative estimate of drug-likeness (QED) is 0.604. The van der Waals surface area contributed by atoms with Crippen molar-refractivity contribution in [1.29, 1.82) is 0 Å². The summed E-state index contributed by atoms with van der Waals surface area (Å²) in [6, 6.07) is 4.14. The average Bonchev–Trinajstić information content (AvgIpc) is 2.73. The standard InChI is InChI=1S/C22H25N3O5/c1-13-19(22(28)24-10-3-2-4-11-24)20(21-15(23-13)6-5-7-18(21)27)14-8-9-17(26)16(12-14)25(29)30/h8-9,12,19-20,26H,2-7,10-11H2,1H3/t19?,20-/m0/s1. The zero-order chi connectivity index (χ0) is 21.4. The Balaban J connectivity index is 1.84. The van der Waals surface area contributed by atoms with Gasteiger partial charge in [0, 0.05) is 48.5 Å². The Bertz CT molecular complexity index is 975. The highest BCUT2D eigenvalue weighted by atomic mass is 16.6. The minimum absolute atomic E-state index is 0.0512. The zero-order valence-electron chi connectivity index (χ0n) is 17.0. The number of benzene rings is 1. The molecule has 1 aromatic rings. The van der Waals surface area contributed by atoms with E-state index in [2.05, 4.69) is 4.99 Å². The van der Waals surface area contributed by atoms with Crippen molar-refractivity contribution in [2.24, 2.45) is 10.9 Å². The maximum Gasteiger partial charge on any atom is 0.310 e. The fourth-order valence-corrected chi connectivity index (χ4v) is 4.88. The summed E-state index contributed by atoms with van der Waals surface area (Å²) in [5, 5.41) is 21.3. The van der Waals surface area contributed by atoms with E-state index in [1.54, 1.807) is 13.0 Å². The van der Waals surface area contributed by atoms with Crippen LogP contribution in [-0.2, 0) is 9.59 Å². The fraction of sp³-hybridized carbons (Fsp3) is 0.500. The van der Waals surface area contributed by atoms with Gasteiger partial charge in [0.2, 0.25) is 5.91 Å². The minimum Gasteiger partial charge on any atom is -0.502 e. The molecule has 2 atom stereocenters. The summed E-state index contributed by atoms with van der Waals surface area (Å²) in [5.41, 5.74) is 1.89. The smallest absolute Gasteiger partial charge is 0.310 e. The zero-order valence-corrected chi connectivity index (χ0v) is 17.0. The van der Waals surface area contributed by atoms with Crippen LogP contribution in [0.5, 0.6) is 5.75 Å². The van der Waals surface area contributed by atoms with Crippen LogP contribution in [0.25, 0.3) is 0 Å². The molecule has 1 aliphatic carbocycles. The monoisotopic (exact) mass is 411 g/mol. The second-order valence-electron chi connectivity index (χ2n) is 8.24. The number of nitrogens with zero attached hydrogens (tertiary/aromatic N) is 3. The van der Waals surface area contributed by atoms with Crippen LogP contribution in [-0.4, -0.2) is 45.4 Å². The molecule has 0 radical (unpaired) electrons. The Labute approximate surface area is 174 Å². The number of carbonyl (C=O) groups excluding carboxylic acids is 2. The largest absolute Gasteiger partial charge is 0.502 e. The number of piperidine rings is 1. The van der Waals surface area contributed by atoms with Crippen LogP contribution in [0.2, 0.25) is 0 Å². The van der Waals surface area contributed by atoms with E-state index >= 15 is 0 Å². The normalized spacial score (nSPS) is 24.4. The average molecular weight is 411 g/mol. The molecule has 0 aromatic heterocycles. The van der Waals surface area contributed by atoms with Crippen LogP contribution in [0.4, 0.5) is 5.69 Å². The number of ketones is 1. The molecule has 2 aliphatic heterocycles. The predicted octanol–water partition coefficient (Wildman–Crippen LogP) is 3.49. The van der Waals surface area contributed by atoms with Gasteiger partial charge in [-0.25, -0.2) is 0 Å². The van der Waals surface area contributed by atoms with Crippen LogP contribution in [0.15, 0.2) is 34.5 Å². The number of aromatic hydroxyl groups is 1. The van der Waals surface area contributed by atoms with E-state index < -0.39 is 28.2 Å². The van der Waals surface area contributed by atoms with Gasteiger partial charge in [-0.05, 0) is 50.7 Å². The van der Waals surface area contributed by atoms with Gasteiger partial charge in [0.05, 0.1) is 10.8 Å². The highest BCUT2D eigenvalue weighted by Gasteiger charge is 2.44. The molecule has 8 heteroatoms. The molecule has 0 spiro atoms. The molecule has 158 valence electrons. The number of nitro benzene ring substituents is 1. The van der Waals surface area contributed by atoms with Gasteiger partial charge >= 0.3 is 5.69 Å². The Kier molecular flexibility index (Phi) is 5.40. The van der Waals surface area contributed by atoms with Gasteiger partial charge in [-0.2, -0.15) is 0 Å². The number of hydrogen-bond acceptors (Lipinski definition) is 6. The van der Waals surface area contributed by atoms with Gasteiger partial charge < -0.3 is 10.0 Å². The molecule has 1 fully saturated rings. The van der Waals surface area contributed by atoms with Crippen molar-refractivity contribution in [2.75, 3.05) is 13.1 Å². The van der Waals surface area contributed by atoms with Gasteiger partial charge in [-0.3, -0.25) is 24.7 Å². The molecule has 1 N–H and O–H groups in total. The second-order valence-corrected chi connectivity index (χ2v) is 8.24. The van der Waals surface area contributed by atoms with Crippen LogP contribution in [0.1, 0.15) is 56.9 Å². The van der Waals surface area contributed by atoms with Gasteiger partial charge in [-0.15, -0.1) is 0 Å². The lowest BCUT2D eigenvalue weighted by Gasteiger charge is -2.38. The number of amides is 1. The molecule has 0 bridgehead atoms. The van der Waals surface area contributed by atoms with E-state index in [0.717, 1.165) is 19.3 Å². The molecule has 8 nitrogen and oxygen atoms in total. The van der Waals surface area contributed by atoms with E-state index in [4.69, 9.17) is 0 Å². The lowest BCUT2D eigenvalue weighted by Crippen LogP contribution is -2.46. The first-order valence-corrected chi connectivity index (χ1v) is 10.5. The summed E-state index contributed by atoms with van der Waals surface area (Å²) in [6.07, 6.45) is 4.71. The van der Waals surface area contributed by atoms with Gasteiger partial charge in [0.25, 0.3) is 0 Å². The number of phenolic OH excluding ortho intramolecular Hbond substituents is 1. The molecule has 1 amide bonds. The summed E-state index contributed by atoms with van der Waals surface area (Å²) in [6.45, 7) is 3.15. The Morgan fingerprint density at radius 2 is 1.93 bits per heavy atom. The minimum atomic E-state index is -0.673. The maximum absolute atomic E-state index is 13.5. The molecule has 1 aromatic carbocycles. The first kappa shape index (κ1) is 20.3. The van der Waals surface area contributed by atoms with Gasteiger partial charge in [0.15, 0.2) is 11.5 Å². The molecule has 0 saturated carbocycles. The number of Topliss-reactive ketones (excluding diaryl/α,β-unsaturated/α-hetero) is 1. The molecular formula is C22H25N3O5. The lowest BCUT2D eigenvalue weighted by molar-refractivity contribution is -0.385. The molecule has 2 heterocycles. The summed E-state index contributed by atoms with van der Waals surface area (Å²) in [4.78, 5) is 43.7. The number of phenols is 1. The van der Waals surface area contributed by atoms with Crippen LogP contribution in [0, 0.1) is 16.0 Å². The first-order valence-electron chi connectivity index (χ1n) is 10.5. The number of hydrogen-bond donors (Lipinski definition) is 1. The van der Waals surface area contributed by atoms with Crippen molar-refractivity contribution >= 4 is 23.1 Å². The van der Waals surface area contributed by atoms with Crippen molar-refractivity contribution in [3.8, 4) is 5.75 Å². The van der Waals surface area contributed by atoms with E-state index in [-0.39, 0.29) is 11.7 Å². The Morgan fingerprint density at radius 3 is 2.63 bits per heavy atom. The van der Waals surface area contributed by atoms with Crippen LogP contribution < -0.4 is 0 Å². The molecule has 30 heavy (non-hydrogen) atoms. The van der Waals surface area contributed by atoms with Crippen molar-refractivity contribution in [3.05, 3.63) is 45.1 Å². The van der Waals surface area contributed by atoms with E-state index in [1.165, 1.54) is 12.1 Å². The van der Waals surface area contributed by atoms with Crippen LogP contribution >= 0.6 is 0 Å². The number of allylic oxidation sites excluding steroid dienone is 2. The number of carbonyl (C=O) groups is 2. The van der Waals surface area contributed by atoms with Crippen molar-refractivity contribution in [1.82, 2.24) is 4.90 Å². The fourth-order valence-electron chi connectivity index (χ4n) is 4.88. The first-order chi connectivity index (χ1) is 14.4. The van der Waals surface area contributed by atoms with E-state index in [1.807, 2.05) is 4.90 Å². The van der Waals surface area contributed by atoms with E-state index in [0.29, 0.717) is 54.9 Å².